The highest BCUT2D eigenvalue weighted by atomic mass is 35.5. The number of sulfonamides is 1. The quantitative estimate of drug-likeness (QED) is 0.853. The van der Waals surface area contributed by atoms with Gasteiger partial charge in [0.1, 0.15) is 0 Å². The molecule has 0 aliphatic carbocycles. The molecule has 5 nitrogen and oxygen atoms in total. The van der Waals surface area contributed by atoms with Gasteiger partial charge in [0.2, 0.25) is 10.0 Å². The highest BCUT2D eigenvalue weighted by molar-refractivity contribution is 7.92. The molecular formula is C15H14Cl2N2O3S. The van der Waals surface area contributed by atoms with Crippen molar-refractivity contribution in [2.45, 2.75) is 6.92 Å². The Labute approximate surface area is 144 Å². The van der Waals surface area contributed by atoms with E-state index in [1.807, 2.05) is 0 Å². The van der Waals surface area contributed by atoms with Crippen molar-refractivity contribution in [2.24, 2.45) is 0 Å². The summed E-state index contributed by atoms with van der Waals surface area (Å²) in [6, 6.07) is 9.53. The summed E-state index contributed by atoms with van der Waals surface area (Å²) in [4.78, 5) is 12.3. The summed E-state index contributed by atoms with van der Waals surface area (Å²) in [6.07, 6.45) is 1.06. The predicted molar refractivity (Wildman–Crippen MR) is 94.1 cm³/mol. The standard InChI is InChI=1S/C15H14Cl2N2O3S/c1-9-8-10(6-7-13(9)19-23(2,21)22)15(20)18-14-11(16)4-3-5-12(14)17/h3-8,19H,1-2H3,(H,18,20). The summed E-state index contributed by atoms with van der Waals surface area (Å²) in [5.41, 5.74) is 1.72. The molecule has 1 amide bonds. The van der Waals surface area contributed by atoms with Crippen molar-refractivity contribution >= 4 is 50.5 Å². The van der Waals surface area contributed by atoms with E-state index in [0.29, 0.717) is 32.5 Å². The van der Waals surface area contributed by atoms with Crippen molar-refractivity contribution in [1.82, 2.24) is 0 Å². The number of rotatable bonds is 4. The maximum Gasteiger partial charge on any atom is 0.255 e. The third kappa shape index (κ3) is 4.60. The molecule has 122 valence electrons. The van der Waals surface area contributed by atoms with E-state index in [1.54, 1.807) is 31.2 Å². The lowest BCUT2D eigenvalue weighted by Crippen LogP contribution is -2.14. The molecule has 0 saturated carbocycles. The van der Waals surface area contributed by atoms with Crippen molar-refractivity contribution in [1.29, 1.82) is 0 Å². The minimum Gasteiger partial charge on any atom is -0.319 e. The fourth-order valence-electron chi connectivity index (χ4n) is 1.92. The molecule has 0 aromatic heterocycles. The Balaban J connectivity index is 2.25. The second kappa shape index (κ2) is 6.78. The minimum atomic E-state index is -3.38. The van der Waals surface area contributed by atoms with Gasteiger partial charge < -0.3 is 5.32 Å². The highest BCUT2D eigenvalue weighted by Crippen LogP contribution is 2.30. The van der Waals surface area contributed by atoms with Crippen molar-refractivity contribution in [2.75, 3.05) is 16.3 Å². The number of anilines is 2. The zero-order valence-corrected chi connectivity index (χ0v) is 14.7. The number of hydrogen-bond donors (Lipinski definition) is 2. The molecule has 0 aliphatic heterocycles. The predicted octanol–water partition coefficient (Wildman–Crippen LogP) is 3.93. The van der Waals surface area contributed by atoms with Gasteiger partial charge in [0.05, 0.1) is 27.7 Å². The van der Waals surface area contributed by atoms with E-state index in [9.17, 15) is 13.2 Å². The summed E-state index contributed by atoms with van der Waals surface area (Å²) in [6.45, 7) is 1.70. The van der Waals surface area contributed by atoms with E-state index in [-0.39, 0.29) is 0 Å². The van der Waals surface area contributed by atoms with Crippen LogP contribution in [0.3, 0.4) is 0 Å². The molecule has 23 heavy (non-hydrogen) atoms. The van der Waals surface area contributed by atoms with E-state index in [0.717, 1.165) is 6.26 Å². The minimum absolute atomic E-state index is 0.330. The topological polar surface area (TPSA) is 75.3 Å². The van der Waals surface area contributed by atoms with Crippen LogP contribution < -0.4 is 10.0 Å². The molecule has 0 unspecified atom stereocenters. The maximum atomic E-state index is 12.3. The zero-order chi connectivity index (χ0) is 17.2. The number of carbonyl (C=O) groups excluding carboxylic acids is 1. The average Bonchev–Trinajstić information content (AvgIpc) is 2.43. The third-order valence-electron chi connectivity index (χ3n) is 2.99. The molecule has 8 heteroatoms. The summed E-state index contributed by atoms with van der Waals surface area (Å²) in [5.74, 6) is -0.394. The number of amides is 1. The largest absolute Gasteiger partial charge is 0.319 e. The molecule has 0 aliphatic rings. The first-order valence-electron chi connectivity index (χ1n) is 6.51. The maximum absolute atomic E-state index is 12.3. The average molecular weight is 373 g/mol. The molecule has 0 heterocycles. The van der Waals surface area contributed by atoms with Gasteiger partial charge in [0.15, 0.2) is 0 Å². The van der Waals surface area contributed by atoms with E-state index in [2.05, 4.69) is 10.0 Å². The van der Waals surface area contributed by atoms with Crippen LogP contribution in [-0.2, 0) is 10.0 Å². The molecule has 0 atom stereocenters. The molecule has 0 fully saturated rings. The van der Waals surface area contributed by atoms with Crippen LogP contribution in [0.1, 0.15) is 15.9 Å². The Hall–Kier alpha value is -1.76. The van der Waals surface area contributed by atoms with Gasteiger partial charge in [0, 0.05) is 5.56 Å². The van der Waals surface area contributed by atoms with E-state index < -0.39 is 15.9 Å². The van der Waals surface area contributed by atoms with Crippen LogP contribution in [0.15, 0.2) is 36.4 Å². The van der Waals surface area contributed by atoms with Gasteiger partial charge in [-0.2, -0.15) is 0 Å². The van der Waals surface area contributed by atoms with Crippen LogP contribution in [0.2, 0.25) is 10.0 Å². The molecule has 0 bridgehead atoms. The monoisotopic (exact) mass is 372 g/mol. The van der Waals surface area contributed by atoms with E-state index >= 15 is 0 Å². The molecular weight excluding hydrogens is 359 g/mol. The Kier molecular flexibility index (Phi) is 5.19. The number of para-hydroxylation sites is 1. The summed E-state index contributed by atoms with van der Waals surface area (Å²) in [7, 11) is -3.38. The van der Waals surface area contributed by atoms with Gasteiger partial charge in [-0.3, -0.25) is 9.52 Å². The Morgan fingerprint density at radius 1 is 1.09 bits per heavy atom. The first-order chi connectivity index (χ1) is 10.7. The Morgan fingerprint density at radius 2 is 1.70 bits per heavy atom. The lowest BCUT2D eigenvalue weighted by atomic mass is 10.1. The Morgan fingerprint density at radius 3 is 2.22 bits per heavy atom. The second-order valence-corrected chi connectivity index (χ2v) is 7.52. The van der Waals surface area contributed by atoms with Crippen molar-refractivity contribution in [3.8, 4) is 0 Å². The fraction of sp³-hybridized carbons (Fsp3) is 0.133. The molecule has 2 rings (SSSR count). The van der Waals surface area contributed by atoms with Gasteiger partial charge >= 0.3 is 0 Å². The van der Waals surface area contributed by atoms with E-state index in [4.69, 9.17) is 23.2 Å². The lowest BCUT2D eigenvalue weighted by Gasteiger charge is -2.11. The molecule has 0 saturated heterocycles. The van der Waals surface area contributed by atoms with Crippen LogP contribution in [0.25, 0.3) is 0 Å². The number of nitrogens with one attached hydrogen (secondary N) is 2. The van der Waals surface area contributed by atoms with Gasteiger partial charge in [-0.1, -0.05) is 29.3 Å². The van der Waals surface area contributed by atoms with Gasteiger partial charge in [0.25, 0.3) is 5.91 Å². The SMILES string of the molecule is Cc1cc(C(=O)Nc2c(Cl)cccc2Cl)ccc1NS(C)(=O)=O. The normalized spacial score (nSPS) is 11.1. The molecule has 2 N–H and O–H groups in total. The Bertz CT molecular complexity index is 847. The summed E-state index contributed by atoms with van der Waals surface area (Å²) in [5, 5.41) is 3.31. The number of aryl methyl sites for hydroxylation is 1. The smallest absolute Gasteiger partial charge is 0.255 e. The van der Waals surface area contributed by atoms with Gasteiger partial charge in [-0.05, 0) is 42.8 Å². The number of carbonyl (C=O) groups is 1. The third-order valence-corrected chi connectivity index (χ3v) is 4.21. The molecule has 0 spiro atoms. The first kappa shape index (κ1) is 17.6. The molecule has 0 radical (unpaired) electrons. The molecule has 2 aromatic rings. The fourth-order valence-corrected chi connectivity index (χ4v) is 3.04. The van der Waals surface area contributed by atoms with Crippen molar-refractivity contribution in [3.63, 3.8) is 0 Å². The summed E-state index contributed by atoms with van der Waals surface area (Å²) < 4.78 is 24.9. The van der Waals surface area contributed by atoms with Gasteiger partial charge in [-0.15, -0.1) is 0 Å². The first-order valence-corrected chi connectivity index (χ1v) is 9.16. The van der Waals surface area contributed by atoms with Crippen LogP contribution in [0, 0.1) is 6.92 Å². The van der Waals surface area contributed by atoms with Crippen molar-refractivity contribution < 1.29 is 13.2 Å². The number of hydrogen-bond acceptors (Lipinski definition) is 3. The second-order valence-electron chi connectivity index (χ2n) is 4.95. The zero-order valence-electron chi connectivity index (χ0n) is 12.4. The lowest BCUT2D eigenvalue weighted by molar-refractivity contribution is 0.102. The van der Waals surface area contributed by atoms with Crippen LogP contribution in [0.4, 0.5) is 11.4 Å². The van der Waals surface area contributed by atoms with E-state index in [1.165, 1.54) is 12.1 Å². The molecule has 2 aromatic carbocycles. The van der Waals surface area contributed by atoms with Crippen LogP contribution in [-0.4, -0.2) is 20.6 Å². The summed E-state index contributed by atoms with van der Waals surface area (Å²) >= 11 is 12.0. The van der Waals surface area contributed by atoms with Crippen molar-refractivity contribution in [3.05, 3.63) is 57.6 Å². The number of benzene rings is 2. The van der Waals surface area contributed by atoms with Crippen LogP contribution in [0.5, 0.6) is 0 Å². The number of halogens is 2. The highest BCUT2D eigenvalue weighted by Gasteiger charge is 2.13. The van der Waals surface area contributed by atoms with Crippen LogP contribution >= 0.6 is 23.2 Å². The van der Waals surface area contributed by atoms with Gasteiger partial charge in [-0.25, -0.2) is 8.42 Å².